The molecular weight excluding hydrogens is 410 g/mol. The average molecular weight is 430 g/mol. The zero-order valence-corrected chi connectivity index (χ0v) is 17.5. The minimum atomic E-state index is -0.160. The van der Waals surface area contributed by atoms with Crippen LogP contribution in [-0.4, -0.2) is 28.5 Å². The maximum Gasteiger partial charge on any atom is 0.224 e. The van der Waals surface area contributed by atoms with Crippen molar-refractivity contribution in [1.29, 1.82) is 0 Å². The molecule has 0 fully saturated rings. The van der Waals surface area contributed by atoms with Gasteiger partial charge in [0.15, 0.2) is 5.82 Å². The summed E-state index contributed by atoms with van der Waals surface area (Å²) in [7, 11) is 0. The minimum Gasteiger partial charge on any atom is -0.487 e. The van der Waals surface area contributed by atoms with Crippen molar-refractivity contribution in [2.45, 2.75) is 18.9 Å². The van der Waals surface area contributed by atoms with Gasteiger partial charge in [0.05, 0.1) is 18.5 Å². The summed E-state index contributed by atoms with van der Waals surface area (Å²) >= 11 is 6.31. The number of nitrogens with one attached hydrogen (secondary N) is 1. The Bertz CT molecular complexity index is 1260. The molecule has 5 rings (SSSR count). The highest BCUT2D eigenvalue weighted by atomic mass is 35.5. The molecule has 1 aliphatic heterocycles. The van der Waals surface area contributed by atoms with Crippen molar-refractivity contribution in [3.63, 3.8) is 0 Å². The Morgan fingerprint density at radius 3 is 2.74 bits per heavy atom. The van der Waals surface area contributed by atoms with Crippen molar-refractivity contribution < 1.29 is 9.53 Å². The molecule has 0 radical (unpaired) electrons. The molecule has 31 heavy (non-hydrogen) atoms. The fourth-order valence-electron chi connectivity index (χ4n) is 4.02. The number of amides is 1. The van der Waals surface area contributed by atoms with Gasteiger partial charge in [-0.25, -0.2) is 9.97 Å². The van der Waals surface area contributed by atoms with E-state index in [0.29, 0.717) is 30.2 Å². The number of ether oxygens (including phenoxy) is 1. The quantitative estimate of drug-likeness (QED) is 0.503. The fraction of sp³-hybridized carbons (Fsp3) is 0.160. The third-order valence-corrected chi connectivity index (χ3v) is 5.65. The Morgan fingerprint density at radius 1 is 1.06 bits per heavy atom. The lowest BCUT2D eigenvalue weighted by Gasteiger charge is -2.14. The highest BCUT2D eigenvalue weighted by molar-refractivity contribution is 6.31. The fourth-order valence-corrected chi connectivity index (χ4v) is 4.26. The summed E-state index contributed by atoms with van der Waals surface area (Å²) in [5, 5.41) is 5.87. The first-order valence-electron chi connectivity index (χ1n) is 10.2. The number of carbonyl (C=O) groups is 1. The van der Waals surface area contributed by atoms with Crippen molar-refractivity contribution in [1.82, 2.24) is 15.3 Å². The van der Waals surface area contributed by atoms with Crippen molar-refractivity contribution in [3.8, 4) is 17.1 Å². The summed E-state index contributed by atoms with van der Waals surface area (Å²) in [6.07, 6.45) is 4.22. The molecule has 1 N–H and O–H groups in total. The molecule has 1 aliphatic rings. The van der Waals surface area contributed by atoms with Gasteiger partial charge in [0, 0.05) is 29.4 Å². The van der Waals surface area contributed by atoms with Gasteiger partial charge in [-0.15, -0.1) is 0 Å². The normalized spacial score (nSPS) is 14.8. The van der Waals surface area contributed by atoms with Gasteiger partial charge in [-0.1, -0.05) is 54.1 Å². The highest BCUT2D eigenvalue weighted by Crippen LogP contribution is 2.39. The average Bonchev–Trinajstić information content (AvgIpc) is 3.21. The van der Waals surface area contributed by atoms with Gasteiger partial charge in [0.1, 0.15) is 11.9 Å². The Balaban J connectivity index is 1.27. The van der Waals surface area contributed by atoms with Crippen molar-refractivity contribution >= 4 is 28.3 Å². The van der Waals surface area contributed by atoms with E-state index < -0.39 is 0 Å². The molecule has 6 heteroatoms. The number of benzene rings is 3. The first-order chi connectivity index (χ1) is 15.2. The molecule has 0 spiro atoms. The monoisotopic (exact) mass is 429 g/mol. The van der Waals surface area contributed by atoms with Gasteiger partial charge in [0.25, 0.3) is 0 Å². The summed E-state index contributed by atoms with van der Waals surface area (Å²) in [5.41, 5.74) is 2.79. The van der Waals surface area contributed by atoms with Crippen LogP contribution in [-0.2, 0) is 17.6 Å². The van der Waals surface area contributed by atoms with E-state index in [4.69, 9.17) is 16.3 Å². The van der Waals surface area contributed by atoms with Gasteiger partial charge in [-0.3, -0.25) is 4.79 Å². The smallest absolute Gasteiger partial charge is 0.224 e. The molecule has 0 unspecified atom stereocenters. The number of rotatable bonds is 5. The molecule has 4 aromatic rings. The first kappa shape index (κ1) is 19.5. The molecule has 1 amide bonds. The Labute approximate surface area is 185 Å². The van der Waals surface area contributed by atoms with Crippen LogP contribution in [0, 0.1) is 0 Å². The molecule has 1 aromatic heterocycles. The third-order valence-electron chi connectivity index (χ3n) is 5.43. The predicted octanol–water partition coefficient (Wildman–Crippen LogP) is 4.61. The number of aromatic nitrogens is 2. The van der Waals surface area contributed by atoms with E-state index in [2.05, 4.69) is 27.4 Å². The van der Waals surface area contributed by atoms with Crippen LogP contribution in [0.15, 0.2) is 73.1 Å². The van der Waals surface area contributed by atoms with Gasteiger partial charge in [-0.2, -0.15) is 0 Å². The standard InChI is InChI=1S/C25H20ClN3O2/c26-19-11-18-12-20(31-24(18)22(14-19)25-27-9-4-10-28-25)15-29-23(30)13-17-7-3-6-16-5-1-2-8-21(16)17/h1-11,14,20H,12-13,15H2,(H,29,30)/t20-/m0/s1. The number of carbonyl (C=O) groups excluding carboxylic acids is 1. The second-order valence-corrected chi connectivity index (χ2v) is 8.01. The maximum atomic E-state index is 12.6. The molecule has 2 heterocycles. The minimum absolute atomic E-state index is 0.0273. The lowest BCUT2D eigenvalue weighted by Crippen LogP contribution is -2.35. The van der Waals surface area contributed by atoms with Gasteiger partial charge in [-0.05, 0) is 34.5 Å². The van der Waals surface area contributed by atoms with Crippen LogP contribution < -0.4 is 10.1 Å². The second kappa shape index (κ2) is 8.36. The molecule has 1 atom stereocenters. The molecule has 0 saturated heterocycles. The zero-order valence-electron chi connectivity index (χ0n) is 16.7. The van der Waals surface area contributed by atoms with Crippen LogP contribution >= 0.6 is 11.6 Å². The summed E-state index contributed by atoms with van der Waals surface area (Å²) < 4.78 is 6.16. The number of fused-ring (bicyclic) bond motifs is 2. The molecular formula is C25H20ClN3O2. The van der Waals surface area contributed by atoms with E-state index >= 15 is 0 Å². The van der Waals surface area contributed by atoms with E-state index in [1.807, 2.05) is 42.5 Å². The first-order valence-corrected chi connectivity index (χ1v) is 10.5. The number of nitrogens with zero attached hydrogens (tertiary/aromatic N) is 2. The van der Waals surface area contributed by atoms with Gasteiger partial charge >= 0.3 is 0 Å². The predicted molar refractivity (Wildman–Crippen MR) is 121 cm³/mol. The van der Waals surface area contributed by atoms with Crippen LogP contribution in [0.25, 0.3) is 22.2 Å². The van der Waals surface area contributed by atoms with E-state index in [1.165, 1.54) is 0 Å². The van der Waals surface area contributed by atoms with Gasteiger partial charge in [0.2, 0.25) is 5.91 Å². The van der Waals surface area contributed by atoms with Gasteiger partial charge < -0.3 is 10.1 Å². The molecule has 3 aromatic carbocycles. The SMILES string of the molecule is O=C(Cc1cccc2ccccc12)NC[C@@H]1Cc2cc(Cl)cc(-c3ncccn3)c2O1. The van der Waals surface area contributed by atoms with Crippen LogP contribution in [0.5, 0.6) is 5.75 Å². The molecule has 5 nitrogen and oxygen atoms in total. The Hall–Kier alpha value is -3.44. The van der Waals surface area contributed by atoms with Crippen molar-refractivity contribution in [3.05, 3.63) is 89.2 Å². The van der Waals surface area contributed by atoms with Crippen LogP contribution in [0.1, 0.15) is 11.1 Å². The molecule has 0 saturated carbocycles. The number of hydrogen-bond acceptors (Lipinski definition) is 4. The highest BCUT2D eigenvalue weighted by Gasteiger charge is 2.27. The Morgan fingerprint density at radius 2 is 1.87 bits per heavy atom. The molecule has 0 aliphatic carbocycles. The largest absolute Gasteiger partial charge is 0.487 e. The number of hydrogen-bond donors (Lipinski definition) is 1. The van der Waals surface area contributed by atoms with E-state index in [0.717, 1.165) is 33.2 Å². The topological polar surface area (TPSA) is 64.1 Å². The van der Waals surface area contributed by atoms with E-state index in [1.54, 1.807) is 18.5 Å². The molecule has 154 valence electrons. The number of halogens is 1. The lowest BCUT2D eigenvalue weighted by molar-refractivity contribution is -0.120. The molecule has 0 bridgehead atoms. The van der Waals surface area contributed by atoms with Crippen molar-refractivity contribution in [2.24, 2.45) is 0 Å². The summed E-state index contributed by atoms with van der Waals surface area (Å²) in [5.74, 6) is 1.28. The van der Waals surface area contributed by atoms with E-state index in [9.17, 15) is 4.79 Å². The second-order valence-electron chi connectivity index (χ2n) is 7.58. The van der Waals surface area contributed by atoms with Crippen LogP contribution in [0.4, 0.5) is 0 Å². The maximum absolute atomic E-state index is 12.6. The zero-order chi connectivity index (χ0) is 21.2. The summed E-state index contributed by atoms with van der Waals surface area (Å²) in [4.78, 5) is 21.3. The third kappa shape index (κ3) is 4.09. The Kier molecular flexibility index (Phi) is 5.26. The summed E-state index contributed by atoms with van der Waals surface area (Å²) in [6.45, 7) is 0.422. The van der Waals surface area contributed by atoms with E-state index in [-0.39, 0.29) is 12.0 Å². The summed E-state index contributed by atoms with van der Waals surface area (Å²) in [6, 6.07) is 19.6. The van der Waals surface area contributed by atoms with Crippen LogP contribution in [0.3, 0.4) is 0 Å². The van der Waals surface area contributed by atoms with Crippen molar-refractivity contribution in [2.75, 3.05) is 6.54 Å². The van der Waals surface area contributed by atoms with Crippen LogP contribution in [0.2, 0.25) is 5.02 Å². The lowest BCUT2D eigenvalue weighted by atomic mass is 10.0.